The predicted molar refractivity (Wildman–Crippen MR) is 135 cm³/mol. The van der Waals surface area contributed by atoms with Crippen LogP contribution in [-0.2, 0) is 22.9 Å². The van der Waals surface area contributed by atoms with Crippen LogP contribution in [0.15, 0.2) is 37.2 Å². The van der Waals surface area contributed by atoms with Crippen molar-refractivity contribution in [3.05, 3.63) is 37.2 Å². The number of imidazole rings is 2. The predicted octanol–water partition coefficient (Wildman–Crippen LogP) is 6.10. The lowest BCUT2D eigenvalue weighted by Crippen LogP contribution is -2.21. The van der Waals surface area contributed by atoms with Crippen LogP contribution in [0.4, 0.5) is 0 Å². The second kappa shape index (κ2) is 10.4. The Hall–Kier alpha value is -1.53. The van der Waals surface area contributed by atoms with Crippen LogP contribution >= 0.6 is 11.3 Å². The summed E-state index contributed by atoms with van der Waals surface area (Å²) >= 11 is 1.71. The first-order valence-electron chi connectivity index (χ1n) is 10.9. The lowest BCUT2D eigenvalue weighted by Gasteiger charge is -2.15. The summed E-state index contributed by atoms with van der Waals surface area (Å²) in [4.78, 5) is 11.4. The molecule has 3 heterocycles. The highest BCUT2D eigenvalue weighted by atomic mass is 32.1. The first kappa shape index (κ1) is 24.1. The molecule has 0 saturated carbocycles. The van der Waals surface area contributed by atoms with Crippen LogP contribution in [0.1, 0.15) is 0 Å². The summed E-state index contributed by atoms with van der Waals surface area (Å²) < 4.78 is 15.7. The second-order valence-corrected chi connectivity index (χ2v) is 22.7. The molecule has 6 nitrogen and oxygen atoms in total. The third kappa shape index (κ3) is 8.15. The number of hydrogen-bond acceptors (Lipinski definition) is 5. The molecule has 31 heavy (non-hydrogen) atoms. The number of nitrogens with zero attached hydrogens (tertiary/aromatic N) is 4. The molecule has 0 aliphatic carbocycles. The molecule has 0 radical (unpaired) electrons. The molecule has 0 saturated heterocycles. The van der Waals surface area contributed by atoms with Crippen molar-refractivity contribution in [2.24, 2.45) is 0 Å². The largest absolute Gasteiger partial charge is 0.361 e. The van der Waals surface area contributed by atoms with Gasteiger partial charge in [0.25, 0.3) is 0 Å². The molecule has 0 amide bonds. The Balaban J connectivity index is 1.51. The zero-order chi connectivity index (χ0) is 22.5. The van der Waals surface area contributed by atoms with Crippen LogP contribution < -0.4 is 0 Å². The molecule has 3 rings (SSSR count). The Kier molecular flexibility index (Phi) is 8.09. The topological polar surface area (TPSA) is 54.1 Å². The summed E-state index contributed by atoms with van der Waals surface area (Å²) in [5.74, 6) is 0. The van der Waals surface area contributed by atoms with E-state index in [0.29, 0.717) is 13.5 Å². The monoisotopic (exact) mass is 476 g/mol. The van der Waals surface area contributed by atoms with E-state index in [-0.39, 0.29) is 0 Å². The quantitative estimate of drug-likeness (QED) is 0.234. The zero-order valence-corrected chi connectivity index (χ0v) is 22.5. The summed E-state index contributed by atoms with van der Waals surface area (Å²) in [6, 6.07) is 6.59. The van der Waals surface area contributed by atoms with Gasteiger partial charge >= 0.3 is 0 Å². The standard InChI is InChI=1S/C22H36N4O2SSi2/c1-30(2,3)11-9-27-17-25-13-19(23-15-25)21-7-8-22(29-21)20-14-26(16-24-20)18-28-10-12-31(4,5)6/h7-8,13-16H,9-12,17-18H2,1-6H3. The molecular weight excluding hydrogens is 441 g/mol. The fourth-order valence-electron chi connectivity index (χ4n) is 2.83. The van der Waals surface area contributed by atoms with Crippen LogP contribution in [0.2, 0.25) is 51.4 Å². The van der Waals surface area contributed by atoms with Crippen LogP contribution in [0.25, 0.3) is 21.1 Å². The molecule has 9 heteroatoms. The van der Waals surface area contributed by atoms with Gasteiger partial charge in [0.2, 0.25) is 0 Å². The maximum Gasteiger partial charge on any atom is 0.123 e. The van der Waals surface area contributed by atoms with Gasteiger partial charge in [0.15, 0.2) is 0 Å². The Morgan fingerprint density at radius 3 is 1.55 bits per heavy atom. The molecule has 0 fully saturated rings. The van der Waals surface area contributed by atoms with Gasteiger partial charge in [0.1, 0.15) is 13.5 Å². The van der Waals surface area contributed by atoms with Crippen LogP contribution in [0.5, 0.6) is 0 Å². The zero-order valence-electron chi connectivity index (χ0n) is 19.7. The molecular formula is C22H36N4O2SSi2. The van der Waals surface area contributed by atoms with E-state index in [1.807, 2.05) is 21.8 Å². The molecule has 3 aromatic heterocycles. The molecule has 0 spiro atoms. The van der Waals surface area contributed by atoms with E-state index in [4.69, 9.17) is 9.47 Å². The van der Waals surface area contributed by atoms with Crippen molar-refractivity contribution in [2.45, 2.75) is 64.8 Å². The van der Waals surface area contributed by atoms with E-state index in [2.05, 4.69) is 73.8 Å². The minimum Gasteiger partial charge on any atom is -0.361 e. The number of aromatic nitrogens is 4. The molecule has 170 valence electrons. The summed E-state index contributed by atoms with van der Waals surface area (Å²) in [5.41, 5.74) is 1.94. The second-order valence-electron chi connectivity index (χ2n) is 10.4. The lowest BCUT2D eigenvalue weighted by molar-refractivity contribution is 0.0871. The first-order valence-corrected chi connectivity index (χ1v) is 19.1. The third-order valence-electron chi connectivity index (χ3n) is 4.85. The Bertz CT molecular complexity index is 879. The normalized spacial score (nSPS) is 12.6. The number of ether oxygens (including phenoxy) is 2. The number of thiophene rings is 1. The summed E-state index contributed by atoms with van der Waals surface area (Å²) in [7, 11) is -2.10. The smallest absolute Gasteiger partial charge is 0.123 e. The van der Waals surface area contributed by atoms with Gasteiger partial charge in [-0.3, -0.25) is 0 Å². The molecule has 0 unspecified atom stereocenters. The maximum atomic E-state index is 5.82. The van der Waals surface area contributed by atoms with E-state index in [0.717, 1.165) is 34.4 Å². The van der Waals surface area contributed by atoms with Gasteiger partial charge in [-0.2, -0.15) is 0 Å². The average molecular weight is 477 g/mol. The van der Waals surface area contributed by atoms with E-state index in [1.165, 1.54) is 12.1 Å². The highest BCUT2D eigenvalue weighted by molar-refractivity contribution is 7.18. The SMILES string of the molecule is C[Si](C)(C)CCOCn1cnc(-c2ccc(-c3cn(COCC[Si](C)(C)C)cn3)s2)c1. The third-order valence-corrected chi connectivity index (χ3v) is 9.39. The van der Waals surface area contributed by atoms with Gasteiger partial charge in [-0.05, 0) is 24.2 Å². The minimum absolute atomic E-state index is 0.553. The summed E-state index contributed by atoms with van der Waals surface area (Å²) in [6.45, 7) is 16.9. The van der Waals surface area contributed by atoms with Gasteiger partial charge in [-0.25, -0.2) is 9.97 Å². The van der Waals surface area contributed by atoms with Gasteiger partial charge in [0, 0.05) is 41.8 Å². The van der Waals surface area contributed by atoms with Crippen LogP contribution in [-0.4, -0.2) is 48.5 Å². The van der Waals surface area contributed by atoms with Crippen molar-refractivity contribution in [3.8, 4) is 21.1 Å². The van der Waals surface area contributed by atoms with Crippen molar-refractivity contribution in [3.63, 3.8) is 0 Å². The van der Waals surface area contributed by atoms with Gasteiger partial charge < -0.3 is 18.6 Å². The Morgan fingerprint density at radius 2 is 1.16 bits per heavy atom. The van der Waals surface area contributed by atoms with Crippen molar-refractivity contribution >= 4 is 27.5 Å². The van der Waals surface area contributed by atoms with Crippen molar-refractivity contribution in [1.82, 2.24) is 19.1 Å². The molecule has 0 N–H and O–H groups in total. The van der Waals surface area contributed by atoms with Crippen molar-refractivity contribution in [2.75, 3.05) is 13.2 Å². The van der Waals surface area contributed by atoms with Crippen molar-refractivity contribution < 1.29 is 9.47 Å². The van der Waals surface area contributed by atoms with Crippen molar-refractivity contribution in [1.29, 1.82) is 0 Å². The highest BCUT2D eigenvalue weighted by Gasteiger charge is 2.14. The maximum absolute atomic E-state index is 5.82. The number of rotatable bonds is 12. The van der Waals surface area contributed by atoms with Gasteiger partial charge in [-0.1, -0.05) is 39.3 Å². The lowest BCUT2D eigenvalue weighted by atomic mass is 10.3. The molecule has 0 aliphatic heterocycles. The van der Waals surface area contributed by atoms with E-state index < -0.39 is 16.1 Å². The molecule has 3 aromatic rings. The summed E-state index contributed by atoms with van der Waals surface area (Å²) in [5, 5.41) is 0. The molecule has 0 bridgehead atoms. The molecule has 0 aromatic carbocycles. The fraction of sp³-hybridized carbons (Fsp3) is 0.545. The first-order chi connectivity index (χ1) is 14.6. The molecule has 0 aliphatic rings. The van der Waals surface area contributed by atoms with E-state index in [9.17, 15) is 0 Å². The highest BCUT2D eigenvalue weighted by Crippen LogP contribution is 2.32. The Morgan fingerprint density at radius 1 is 0.742 bits per heavy atom. The van der Waals surface area contributed by atoms with Gasteiger partial charge in [0.05, 0.1) is 33.8 Å². The van der Waals surface area contributed by atoms with Gasteiger partial charge in [-0.15, -0.1) is 11.3 Å². The van der Waals surface area contributed by atoms with Crippen LogP contribution in [0, 0.1) is 0 Å². The number of hydrogen-bond donors (Lipinski definition) is 0. The van der Waals surface area contributed by atoms with Crippen LogP contribution in [0.3, 0.4) is 0 Å². The average Bonchev–Trinajstić information content (AvgIpc) is 3.40. The minimum atomic E-state index is -1.05. The van der Waals surface area contributed by atoms with E-state index in [1.54, 1.807) is 11.3 Å². The Labute approximate surface area is 192 Å². The fourth-order valence-corrected chi connectivity index (χ4v) is 5.27. The summed E-state index contributed by atoms with van der Waals surface area (Å²) in [6.07, 6.45) is 7.79. The molecule has 0 atom stereocenters. The van der Waals surface area contributed by atoms with E-state index >= 15 is 0 Å².